The van der Waals surface area contributed by atoms with Gasteiger partial charge in [0, 0.05) is 31.5 Å². The van der Waals surface area contributed by atoms with Crippen molar-refractivity contribution in [3.8, 4) is 5.75 Å². The number of benzene rings is 2. The normalized spacial score (nSPS) is 17.1. The predicted molar refractivity (Wildman–Crippen MR) is 153 cm³/mol. The lowest BCUT2D eigenvalue weighted by atomic mass is 10.0. The van der Waals surface area contributed by atoms with Crippen molar-refractivity contribution in [1.29, 1.82) is 0 Å². The molecule has 0 aromatic heterocycles. The molecule has 3 unspecified atom stereocenters. The van der Waals surface area contributed by atoms with Crippen LogP contribution in [0.1, 0.15) is 57.1 Å². The topological polar surface area (TPSA) is 114 Å². The van der Waals surface area contributed by atoms with Crippen molar-refractivity contribution in [2.45, 2.75) is 71.1 Å². The Morgan fingerprint density at radius 3 is 2.51 bits per heavy atom. The van der Waals surface area contributed by atoms with E-state index in [1.807, 2.05) is 54.6 Å². The van der Waals surface area contributed by atoms with Crippen molar-refractivity contribution in [1.82, 2.24) is 15.5 Å². The largest absolute Gasteiger partial charge is 0.489 e. The molecule has 1 heterocycles. The third-order valence-electron chi connectivity index (χ3n) is 7.25. The van der Waals surface area contributed by atoms with Crippen molar-refractivity contribution < 1.29 is 19.1 Å². The minimum Gasteiger partial charge on any atom is -0.489 e. The van der Waals surface area contributed by atoms with Gasteiger partial charge in [-0.25, -0.2) is 0 Å². The summed E-state index contributed by atoms with van der Waals surface area (Å²) < 4.78 is 5.86. The Labute approximate surface area is 232 Å². The first-order chi connectivity index (χ1) is 18.8. The van der Waals surface area contributed by atoms with Gasteiger partial charge >= 0.3 is 0 Å². The highest BCUT2D eigenvalue weighted by atomic mass is 16.5. The molecule has 3 amide bonds. The van der Waals surface area contributed by atoms with Gasteiger partial charge in [0.15, 0.2) is 0 Å². The van der Waals surface area contributed by atoms with Crippen LogP contribution in [0.3, 0.4) is 0 Å². The fourth-order valence-electron chi connectivity index (χ4n) is 4.64. The number of hydrogen-bond acceptors (Lipinski definition) is 5. The summed E-state index contributed by atoms with van der Waals surface area (Å²) >= 11 is 0. The van der Waals surface area contributed by atoms with Gasteiger partial charge in [0.25, 0.3) is 0 Å². The summed E-state index contributed by atoms with van der Waals surface area (Å²) in [7, 11) is 0. The number of rotatable bonds is 15. The number of piperidine rings is 1. The van der Waals surface area contributed by atoms with Gasteiger partial charge in [-0.2, -0.15) is 0 Å². The number of nitrogens with zero attached hydrogens (tertiary/aromatic N) is 1. The minimum absolute atomic E-state index is 0.219. The van der Waals surface area contributed by atoms with Crippen molar-refractivity contribution >= 4 is 17.7 Å². The highest BCUT2D eigenvalue weighted by molar-refractivity contribution is 5.91. The summed E-state index contributed by atoms with van der Waals surface area (Å²) in [5.74, 6) is -0.813. The van der Waals surface area contributed by atoms with E-state index in [0.29, 0.717) is 25.6 Å². The van der Waals surface area contributed by atoms with Gasteiger partial charge in [-0.15, -0.1) is 0 Å². The molecular weight excluding hydrogens is 492 g/mol. The molecule has 1 aliphatic rings. The second-order valence-corrected chi connectivity index (χ2v) is 10.5. The van der Waals surface area contributed by atoms with Gasteiger partial charge in [-0.1, -0.05) is 55.8 Å². The molecule has 1 radical (unpaired) electrons. The number of primary amides is 1. The lowest BCUT2D eigenvalue weighted by Crippen LogP contribution is -2.48. The van der Waals surface area contributed by atoms with Crippen LogP contribution in [-0.2, 0) is 27.4 Å². The second kappa shape index (κ2) is 15.9. The van der Waals surface area contributed by atoms with Crippen LogP contribution in [0.5, 0.6) is 5.75 Å². The first-order valence-corrected chi connectivity index (χ1v) is 14.0. The van der Waals surface area contributed by atoms with E-state index in [2.05, 4.69) is 22.5 Å². The Balaban J connectivity index is 1.54. The smallest absolute Gasteiger partial charge is 0.242 e. The highest BCUT2D eigenvalue weighted by Gasteiger charge is 2.23. The maximum Gasteiger partial charge on any atom is 0.242 e. The summed E-state index contributed by atoms with van der Waals surface area (Å²) in [4.78, 5) is 39.5. The Hall–Kier alpha value is -3.39. The SMILES string of the molecule is CC(C[CH]C(=O)NC(Cc1ccc(OCc2ccccc2)cc1)C(=O)NCCCN1CCCCC1C)C(N)=O. The van der Waals surface area contributed by atoms with E-state index in [9.17, 15) is 14.4 Å². The first kappa shape index (κ1) is 30.2. The summed E-state index contributed by atoms with van der Waals surface area (Å²) in [6, 6.07) is 17.3. The van der Waals surface area contributed by atoms with Crippen LogP contribution in [0, 0.1) is 12.3 Å². The van der Waals surface area contributed by atoms with Gasteiger partial charge in [-0.3, -0.25) is 14.4 Å². The van der Waals surface area contributed by atoms with E-state index >= 15 is 0 Å². The summed E-state index contributed by atoms with van der Waals surface area (Å²) in [5, 5.41) is 5.82. The summed E-state index contributed by atoms with van der Waals surface area (Å²) in [6.45, 7) is 7.00. The van der Waals surface area contributed by atoms with Gasteiger partial charge in [0.1, 0.15) is 18.4 Å². The van der Waals surface area contributed by atoms with Crippen molar-refractivity contribution in [3.05, 3.63) is 72.1 Å². The number of amides is 3. The Kier molecular flexibility index (Phi) is 12.3. The average Bonchev–Trinajstić information content (AvgIpc) is 2.94. The average molecular weight is 536 g/mol. The number of carbonyl (C=O) groups is 3. The van der Waals surface area contributed by atoms with Gasteiger partial charge < -0.3 is 26.0 Å². The third-order valence-corrected chi connectivity index (χ3v) is 7.25. The first-order valence-electron chi connectivity index (χ1n) is 14.0. The van der Waals surface area contributed by atoms with E-state index in [4.69, 9.17) is 10.5 Å². The molecule has 0 aliphatic carbocycles. The Morgan fingerprint density at radius 2 is 1.82 bits per heavy atom. The molecule has 39 heavy (non-hydrogen) atoms. The maximum atomic E-state index is 13.1. The zero-order valence-electron chi connectivity index (χ0n) is 23.2. The van der Waals surface area contributed by atoms with Crippen LogP contribution in [0.4, 0.5) is 0 Å². The van der Waals surface area contributed by atoms with E-state index in [0.717, 1.165) is 36.4 Å². The predicted octanol–water partition coefficient (Wildman–Crippen LogP) is 3.39. The number of ether oxygens (including phenoxy) is 1. The van der Waals surface area contributed by atoms with E-state index < -0.39 is 23.8 Å². The maximum absolute atomic E-state index is 13.1. The molecule has 0 spiro atoms. The molecule has 8 nitrogen and oxygen atoms in total. The van der Waals surface area contributed by atoms with E-state index in [-0.39, 0.29) is 12.3 Å². The third kappa shape index (κ3) is 10.7. The van der Waals surface area contributed by atoms with Gasteiger partial charge in [-0.05, 0) is 62.4 Å². The molecule has 1 aliphatic heterocycles. The lowest BCUT2D eigenvalue weighted by Gasteiger charge is -2.33. The molecule has 0 bridgehead atoms. The van der Waals surface area contributed by atoms with Crippen molar-refractivity contribution in [2.75, 3.05) is 19.6 Å². The van der Waals surface area contributed by atoms with Crippen LogP contribution < -0.4 is 21.1 Å². The monoisotopic (exact) mass is 535 g/mol. The molecule has 1 fully saturated rings. The molecule has 3 rings (SSSR count). The standard InChI is InChI=1S/C31H43N4O4/c1-23(30(32)37)12-17-29(36)34-28(31(38)33-18-8-20-35-19-7-6-9-24(35)2)21-25-13-15-27(16-14-25)39-22-26-10-4-3-5-11-26/h3-5,10-11,13-17,23-24,28H,6-9,12,18-22H2,1-2H3,(H2,32,37)(H,33,38)(H,34,36). The highest BCUT2D eigenvalue weighted by Crippen LogP contribution is 2.17. The molecule has 211 valence electrons. The molecular formula is C31H43N4O4. The van der Waals surface area contributed by atoms with Crippen LogP contribution in [0.15, 0.2) is 54.6 Å². The molecule has 3 atom stereocenters. The zero-order chi connectivity index (χ0) is 28.0. The molecule has 8 heteroatoms. The Morgan fingerprint density at radius 1 is 1.08 bits per heavy atom. The minimum atomic E-state index is -0.748. The van der Waals surface area contributed by atoms with Crippen LogP contribution in [0.25, 0.3) is 0 Å². The quantitative estimate of drug-likeness (QED) is 0.303. The number of nitrogens with one attached hydrogen (secondary N) is 2. The van der Waals surface area contributed by atoms with Crippen LogP contribution >= 0.6 is 0 Å². The summed E-state index contributed by atoms with van der Waals surface area (Å²) in [5.41, 5.74) is 7.28. The lowest BCUT2D eigenvalue weighted by molar-refractivity contribution is -0.127. The van der Waals surface area contributed by atoms with Crippen LogP contribution in [-0.4, -0.2) is 54.3 Å². The number of likely N-dealkylation sites (tertiary alicyclic amines) is 1. The number of carbonyl (C=O) groups excluding carboxylic acids is 3. The van der Waals surface area contributed by atoms with Crippen LogP contribution in [0.2, 0.25) is 0 Å². The van der Waals surface area contributed by atoms with E-state index in [1.54, 1.807) is 6.92 Å². The fraction of sp³-hybridized carbons (Fsp3) is 0.484. The van der Waals surface area contributed by atoms with Gasteiger partial charge in [0.05, 0.1) is 6.42 Å². The van der Waals surface area contributed by atoms with Crippen molar-refractivity contribution in [2.24, 2.45) is 11.7 Å². The second-order valence-electron chi connectivity index (χ2n) is 10.5. The molecule has 0 saturated carbocycles. The fourth-order valence-corrected chi connectivity index (χ4v) is 4.64. The molecule has 4 N–H and O–H groups in total. The van der Waals surface area contributed by atoms with E-state index in [1.165, 1.54) is 25.7 Å². The molecule has 1 saturated heterocycles. The zero-order valence-corrected chi connectivity index (χ0v) is 23.2. The van der Waals surface area contributed by atoms with Gasteiger partial charge in [0.2, 0.25) is 17.7 Å². The number of hydrogen-bond donors (Lipinski definition) is 3. The molecule has 2 aromatic carbocycles. The Bertz CT molecular complexity index is 1040. The number of nitrogens with two attached hydrogens (primary N) is 1. The molecule has 2 aromatic rings. The summed E-state index contributed by atoms with van der Waals surface area (Å²) in [6.07, 6.45) is 6.52. The van der Waals surface area contributed by atoms with Crippen molar-refractivity contribution in [3.63, 3.8) is 0 Å².